The lowest BCUT2D eigenvalue weighted by Gasteiger charge is -2.27. The van der Waals surface area contributed by atoms with Gasteiger partial charge in [-0.05, 0) is 25.2 Å². The maximum absolute atomic E-state index is 12.9. The minimum Gasteiger partial charge on any atom is -0.481 e. The van der Waals surface area contributed by atoms with Crippen molar-refractivity contribution < 1.29 is 39.0 Å². The number of nitrogens with zero attached hydrogens (tertiary/aromatic N) is 1. The molecule has 0 heterocycles. The number of carbonyl (C=O) groups excluding carboxylic acids is 4. The third-order valence-corrected chi connectivity index (χ3v) is 4.85. The average Bonchev–Trinajstić information content (AvgIpc) is 2.75. The molecule has 0 bridgehead atoms. The first-order valence-electron chi connectivity index (χ1n) is 11.1. The number of primary amides is 1. The Bertz CT molecular complexity index is 844. The number of nitrogens with one attached hydrogen (secondary N) is 3. The first-order valence-corrected chi connectivity index (χ1v) is 11.1. The molecule has 0 aromatic heterocycles. The molecule has 16 nitrogen and oxygen atoms in total. The van der Waals surface area contributed by atoms with Crippen molar-refractivity contribution in [3.05, 3.63) is 0 Å². The number of nitrogens with two attached hydrogens (primary N) is 4. The Morgan fingerprint density at radius 1 is 0.833 bits per heavy atom. The van der Waals surface area contributed by atoms with Crippen molar-refractivity contribution >= 4 is 41.5 Å². The van der Waals surface area contributed by atoms with E-state index in [0.29, 0.717) is 0 Å². The summed E-state index contributed by atoms with van der Waals surface area (Å²) >= 11 is 0. The van der Waals surface area contributed by atoms with Gasteiger partial charge in [-0.15, -0.1) is 0 Å². The van der Waals surface area contributed by atoms with Crippen LogP contribution in [-0.2, 0) is 28.8 Å². The normalized spacial score (nSPS) is 14.0. The third-order valence-electron chi connectivity index (χ3n) is 4.85. The van der Waals surface area contributed by atoms with Crippen LogP contribution in [0.5, 0.6) is 0 Å². The van der Waals surface area contributed by atoms with Gasteiger partial charge in [0.15, 0.2) is 5.96 Å². The molecule has 0 aliphatic heterocycles. The highest BCUT2D eigenvalue weighted by molar-refractivity contribution is 5.95. The van der Waals surface area contributed by atoms with Gasteiger partial charge in [-0.2, -0.15) is 0 Å². The van der Waals surface area contributed by atoms with E-state index in [4.69, 9.17) is 28.0 Å². The molecule has 4 amide bonds. The zero-order valence-corrected chi connectivity index (χ0v) is 20.2. The summed E-state index contributed by atoms with van der Waals surface area (Å²) in [4.78, 5) is 75.2. The maximum atomic E-state index is 12.9. The van der Waals surface area contributed by atoms with Gasteiger partial charge in [-0.3, -0.25) is 29.0 Å². The minimum atomic E-state index is -1.47. The van der Waals surface area contributed by atoms with Gasteiger partial charge in [-0.25, -0.2) is 4.79 Å². The van der Waals surface area contributed by atoms with E-state index in [-0.39, 0.29) is 38.2 Å². The average molecular weight is 517 g/mol. The topological polar surface area (TPSA) is 295 Å². The van der Waals surface area contributed by atoms with Gasteiger partial charge in [0.25, 0.3) is 0 Å². The molecule has 13 N–H and O–H groups in total. The molecule has 0 aliphatic carbocycles. The van der Waals surface area contributed by atoms with Gasteiger partial charge >= 0.3 is 11.9 Å². The Morgan fingerprint density at radius 3 is 1.89 bits per heavy atom. The Labute approximate surface area is 207 Å². The number of carboxylic acids is 2. The highest BCUT2D eigenvalue weighted by atomic mass is 16.4. The van der Waals surface area contributed by atoms with Gasteiger partial charge in [0.05, 0.1) is 12.5 Å². The molecule has 0 radical (unpaired) electrons. The molecule has 36 heavy (non-hydrogen) atoms. The first kappa shape index (κ1) is 32.0. The molecule has 0 saturated carbocycles. The van der Waals surface area contributed by atoms with Crippen molar-refractivity contribution in [1.29, 1.82) is 0 Å². The van der Waals surface area contributed by atoms with Gasteiger partial charge in [0, 0.05) is 13.0 Å². The monoisotopic (exact) mass is 516 g/mol. The summed E-state index contributed by atoms with van der Waals surface area (Å²) in [5.41, 5.74) is 21.1. The van der Waals surface area contributed by atoms with Crippen molar-refractivity contribution in [1.82, 2.24) is 16.0 Å². The predicted octanol–water partition coefficient (Wildman–Crippen LogP) is -3.70. The van der Waals surface area contributed by atoms with Gasteiger partial charge in [-0.1, -0.05) is 13.8 Å². The number of carboxylic acid groups (broad SMARTS) is 2. The molecule has 4 unspecified atom stereocenters. The first-order chi connectivity index (χ1) is 16.6. The van der Waals surface area contributed by atoms with Crippen LogP contribution >= 0.6 is 0 Å². The van der Waals surface area contributed by atoms with Crippen LogP contribution in [0, 0.1) is 5.92 Å². The maximum Gasteiger partial charge on any atom is 0.326 e. The summed E-state index contributed by atoms with van der Waals surface area (Å²) in [6.07, 6.45) is -0.989. The Kier molecular flexibility index (Phi) is 14.1. The summed E-state index contributed by atoms with van der Waals surface area (Å²) in [6, 6.07) is -5.33. The number of rotatable bonds is 17. The van der Waals surface area contributed by atoms with Crippen molar-refractivity contribution in [2.24, 2.45) is 33.8 Å². The van der Waals surface area contributed by atoms with Crippen LogP contribution < -0.4 is 38.9 Å². The fourth-order valence-corrected chi connectivity index (χ4v) is 2.93. The van der Waals surface area contributed by atoms with E-state index in [2.05, 4.69) is 20.9 Å². The number of aliphatic carboxylic acids is 2. The fraction of sp³-hybridized carbons (Fsp3) is 0.650. The van der Waals surface area contributed by atoms with Crippen LogP contribution in [0.15, 0.2) is 4.99 Å². The van der Waals surface area contributed by atoms with Crippen molar-refractivity contribution in [3.8, 4) is 0 Å². The van der Waals surface area contributed by atoms with Crippen LogP contribution in [0.1, 0.15) is 46.0 Å². The zero-order chi connectivity index (χ0) is 28.0. The molecule has 0 spiro atoms. The molecule has 0 fully saturated rings. The molecular weight excluding hydrogens is 480 g/mol. The van der Waals surface area contributed by atoms with E-state index < -0.39 is 72.1 Å². The molecule has 4 atom stereocenters. The molecular formula is C20H36N8O8. The smallest absolute Gasteiger partial charge is 0.326 e. The van der Waals surface area contributed by atoms with Gasteiger partial charge in [0.1, 0.15) is 18.1 Å². The molecule has 0 aliphatic rings. The third kappa shape index (κ3) is 13.1. The second-order valence-electron chi connectivity index (χ2n) is 8.35. The number of amides is 4. The second-order valence-corrected chi connectivity index (χ2v) is 8.35. The minimum absolute atomic E-state index is 0.00930. The van der Waals surface area contributed by atoms with E-state index >= 15 is 0 Å². The largest absolute Gasteiger partial charge is 0.481 e. The summed E-state index contributed by atoms with van der Waals surface area (Å²) in [6.45, 7) is 3.34. The summed E-state index contributed by atoms with van der Waals surface area (Å²) in [5.74, 6) is -6.70. The lowest BCUT2D eigenvalue weighted by molar-refractivity contribution is -0.142. The van der Waals surface area contributed by atoms with E-state index in [1.165, 1.54) is 0 Å². The van der Waals surface area contributed by atoms with E-state index in [1.54, 1.807) is 13.8 Å². The van der Waals surface area contributed by atoms with Crippen molar-refractivity contribution in [3.63, 3.8) is 0 Å². The number of carbonyl (C=O) groups is 6. The van der Waals surface area contributed by atoms with Crippen LogP contribution in [0.25, 0.3) is 0 Å². The standard InChI is InChI=1S/C20H36N8O8/c1-9(2)15(18(34)27-12(19(35)36)4-3-7-25-20(23)24)28-17(33)11(5-6-13(22)29)26-16(32)10(21)8-14(30)31/h9-12,15H,3-8,21H2,1-2H3,(H2,22,29)(H,26,32)(H,27,34)(H,28,33)(H,30,31)(H,35,36)(H4,23,24,25). The van der Waals surface area contributed by atoms with Crippen LogP contribution in [0.2, 0.25) is 0 Å². The summed E-state index contributed by atoms with van der Waals surface area (Å²) in [7, 11) is 0. The lowest BCUT2D eigenvalue weighted by Crippen LogP contribution is -2.58. The van der Waals surface area contributed by atoms with Gasteiger partial charge < -0.3 is 49.1 Å². The lowest BCUT2D eigenvalue weighted by atomic mass is 10.0. The van der Waals surface area contributed by atoms with Crippen molar-refractivity contribution in [2.75, 3.05) is 6.54 Å². The summed E-state index contributed by atoms with van der Waals surface area (Å²) < 4.78 is 0. The fourth-order valence-electron chi connectivity index (χ4n) is 2.93. The highest BCUT2D eigenvalue weighted by Crippen LogP contribution is 2.07. The molecule has 16 heteroatoms. The van der Waals surface area contributed by atoms with Crippen LogP contribution in [-0.4, -0.2) is 82.5 Å². The van der Waals surface area contributed by atoms with E-state index in [9.17, 15) is 33.9 Å². The molecule has 0 rings (SSSR count). The predicted molar refractivity (Wildman–Crippen MR) is 127 cm³/mol. The number of hydrogen-bond donors (Lipinski definition) is 9. The number of aliphatic imine (C=N–C) groups is 1. The number of guanidine groups is 1. The van der Waals surface area contributed by atoms with E-state index in [0.717, 1.165) is 0 Å². The number of hydrogen-bond acceptors (Lipinski definition) is 8. The molecule has 0 aromatic carbocycles. The quantitative estimate of drug-likeness (QED) is 0.0514. The second kappa shape index (κ2) is 15.9. The van der Waals surface area contributed by atoms with Crippen molar-refractivity contribution in [2.45, 2.75) is 70.1 Å². The Balaban J connectivity index is 5.45. The SMILES string of the molecule is CC(C)C(NC(=O)C(CCC(N)=O)NC(=O)C(N)CC(=O)O)C(=O)NC(CCCN=C(N)N)C(=O)O. The highest BCUT2D eigenvalue weighted by Gasteiger charge is 2.32. The van der Waals surface area contributed by atoms with Crippen LogP contribution in [0.4, 0.5) is 0 Å². The summed E-state index contributed by atoms with van der Waals surface area (Å²) in [5, 5.41) is 25.3. The van der Waals surface area contributed by atoms with Crippen LogP contribution in [0.3, 0.4) is 0 Å². The van der Waals surface area contributed by atoms with Gasteiger partial charge in [0.2, 0.25) is 23.6 Å². The molecule has 0 saturated heterocycles. The molecule has 204 valence electrons. The zero-order valence-electron chi connectivity index (χ0n) is 20.2. The Hall–Kier alpha value is -3.95. The Morgan fingerprint density at radius 2 is 1.42 bits per heavy atom. The molecule has 0 aromatic rings. The van der Waals surface area contributed by atoms with E-state index in [1.807, 2.05) is 0 Å².